The molecule has 2 aromatic heterocycles. The van der Waals surface area contributed by atoms with Crippen LogP contribution in [0.15, 0.2) is 36.8 Å². The molecule has 0 bridgehead atoms. The van der Waals surface area contributed by atoms with Crippen molar-refractivity contribution in [3.63, 3.8) is 0 Å². The van der Waals surface area contributed by atoms with Crippen LogP contribution in [0.25, 0.3) is 11.4 Å². The third kappa shape index (κ3) is 2.61. The molecule has 0 radical (unpaired) electrons. The summed E-state index contributed by atoms with van der Waals surface area (Å²) in [5, 5.41) is 0. The molecule has 2 rings (SSSR count). The number of nitrogens with two attached hydrogens (primary N) is 1. The molecule has 82 valence electrons. The Morgan fingerprint density at radius 3 is 2.75 bits per heavy atom. The summed E-state index contributed by atoms with van der Waals surface area (Å²) in [6.07, 6.45) is 5.17. The lowest BCUT2D eigenvalue weighted by Crippen LogP contribution is -2.02. The van der Waals surface area contributed by atoms with Crippen molar-refractivity contribution in [3.05, 3.63) is 42.5 Å². The van der Waals surface area contributed by atoms with E-state index in [9.17, 15) is 0 Å². The van der Waals surface area contributed by atoms with Gasteiger partial charge in [0.25, 0.3) is 0 Å². The van der Waals surface area contributed by atoms with Gasteiger partial charge in [0.05, 0.1) is 11.4 Å². The Balaban J connectivity index is 2.22. The van der Waals surface area contributed by atoms with Crippen molar-refractivity contribution in [2.75, 3.05) is 6.54 Å². The van der Waals surface area contributed by atoms with E-state index in [2.05, 4.69) is 15.0 Å². The Labute approximate surface area is 94.6 Å². The van der Waals surface area contributed by atoms with Crippen molar-refractivity contribution in [2.45, 2.75) is 12.8 Å². The van der Waals surface area contributed by atoms with Gasteiger partial charge < -0.3 is 5.73 Å². The van der Waals surface area contributed by atoms with Gasteiger partial charge in [0.15, 0.2) is 0 Å². The van der Waals surface area contributed by atoms with Crippen LogP contribution in [0.2, 0.25) is 0 Å². The lowest BCUT2D eigenvalue weighted by atomic mass is 10.2. The van der Waals surface area contributed by atoms with Crippen LogP contribution in [0.5, 0.6) is 0 Å². The van der Waals surface area contributed by atoms with Crippen molar-refractivity contribution >= 4 is 0 Å². The largest absolute Gasteiger partial charge is 0.330 e. The first-order valence-electron chi connectivity index (χ1n) is 5.32. The molecule has 0 aliphatic rings. The van der Waals surface area contributed by atoms with Crippen LogP contribution >= 0.6 is 0 Å². The molecule has 2 heterocycles. The monoisotopic (exact) mass is 214 g/mol. The first-order valence-corrected chi connectivity index (χ1v) is 5.32. The van der Waals surface area contributed by atoms with Crippen LogP contribution in [0.3, 0.4) is 0 Å². The fourth-order valence-electron chi connectivity index (χ4n) is 1.47. The Hall–Kier alpha value is -1.81. The smallest absolute Gasteiger partial charge is 0.116 e. The highest BCUT2D eigenvalue weighted by Crippen LogP contribution is 2.13. The van der Waals surface area contributed by atoms with E-state index in [1.165, 1.54) is 0 Å². The highest BCUT2D eigenvalue weighted by atomic mass is 14.9. The zero-order valence-electron chi connectivity index (χ0n) is 9.00. The van der Waals surface area contributed by atoms with Crippen LogP contribution < -0.4 is 5.73 Å². The first kappa shape index (κ1) is 10.7. The Bertz CT molecular complexity index is 442. The van der Waals surface area contributed by atoms with Crippen LogP contribution in [-0.4, -0.2) is 21.5 Å². The molecule has 0 amide bonds. The molecule has 4 nitrogen and oxygen atoms in total. The van der Waals surface area contributed by atoms with Crippen molar-refractivity contribution in [1.82, 2.24) is 15.0 Å². The van der Waals surface area contributed by atoms with Crippen LogP contribution in [0, 0.1) is 0 Å². The molecule has 0 spiro atoms. The van der Waals surface area contributed by atoms with Crippen molar-refractivity contribution in [3.8, 4) is 11.4 Å². The molecular weight excluding hydrogens is 200 g/mol. The average Bonchev–Trinajstić information content (AvgIpc) is 2.38. The average molecular weight is 214 g/mol. The summed E-state index contributed by atoms with van der Waals surface area (Å²) < 4.78 is 0. The lowest BCUT2D eigenvalue weighted by Gasteiger charge is -2.02. The van der Waals surface area contributed by atoms with E-state index in [1.54, 1.807) is 12.5 Å². The third-order valence-electron chi connectivity index (χ3n) is 2.29. The predicted octanol–water partition coefficient (Wildman–Crippen LogP) is 1.43. The van der Waals surface area contributed by atoms with E-state index in [1.807, 2.05) is 24.3 Å². The molecule has 0 saturated carbocycles. The summed E-state index contributed by atoms with van der Waals surface area (Å²) in [4.78, 5) is 12.7. The molecule has 0 aliphatic carbocycles. The first-order chi connectivity index (χ1) is 7.90. The number of pyridine rings is 1. The maximum absolute atomic E-state index is 5.47. The maximum Gasteiger partial charge on any atom is 0.116 e. The van der Waals surface area contributed by atoms with Gasteiger partial charge in [-0.2, -0.15) is 0 Å². The molecule has 2 aromatic rings. The fraction of sp³-hybridized carbons (Fsp3) is 0.250. The summed E-state index contributed by atoms with van der Waals surface area (Å²) in [5.41, 5.74) is 8.22. The highest BCUT2D eigenvalue weighted by molar-refractivity contribution is 5.53. The topological polar surface area (TPSA) is 64.7 Å². The highest BCUT2D eigenvalue weighted by Gasteiger charge is 2.01. The quantitative estimate of drug-likeness (QED) is 0.836. The number of rotatable bonds is 4. The van der Waals surface area contributed by atoms with Gasteiger partial charge >= 0.3 is 0 Å². The third-order valence-corrected chi connectivity index (χ3v) is 2.29. The van der Waals surface area contributed by atoms with E-state index in [-0.39, 0.29) is 0 Å². The van der Waals surface area contributed by atoms with E-state index < -0.39 is 0 Å². The van der Waals surface area contributed by atoms with Crippen LogP contribution in [0.1, 0.15) is 12.1 Å². The second kappa shape index (κ2) is 5.32. The van der Waals surface area contributed by atoms with E-state index in [4.69, 9.17) is 5.73 Å². The van der Waals surface area contributed by atoms with Crippen molar-refractivity contribution < 1.29 is 0 Å². The van der Waals surface area contributed by atoms with Gasteiger partial charge in [-0.1, -0.05) is 6.07 Å². The summed E-state index contributed by atoms with van der Waals surface area (Å²) in [6, 6.07) is 7.75. The minimum Gasteiger partial charge on any atom is -0.330 e. The van der Waals surface area contributed by atoms with E-state index in [0.29, 0.717) is 6.54 Å². The van der Waals surface area contributed by atoms with Crippen LogP contribution in [-0.2, 0) is 6.42 Å². The Morgan fingerprint density at radius 1 is 1.06 bits per heavy atom. The van der Waals surface area contributed by atoms with Crippen molar-refractivity contribution in [1.29, 1.82) is 0 Å². The van der Waals surface area contributed by atoms with Gasteiger partial charge in [-0.25, -0.2) is 9.97 Å². The molecule has 0 aliphatic heterocycles. The molecule has 2 N–H and O–H groups in total. The van der Waals surface area contributed by atoms with Gasteiger partial charge in [-0.3, -0.25) is 4.98 Å². The van der Waals surface area contributed by atoms with Gasteiger partial charge in [-0.15, -0.1) is 0 Å². The van der Waals surface area contributed by atoms with Gasteiger partial charge in [0.1, 0.15) is 6.33 Å². The minimum absolute atomic E-state index is 0.683. The Kier molecular flexibility index (Phi) is 3.56. The molecule has 16 heavy (non-hydrogen) atoms. The standard InChI is InChI=1S/C12H14N4/c13-6-3-4-10-8-12(16-9-15-10)11-5-1-2-7-14-11/h1-2,5,7-9H,3-4,6,13H2. The molecular formula is C12H14N4. The summed E-state index contributed by atoms with van der Waals surface area (Å²) in [5.74, 6) is 0. The molecule has 4 heteroatoms. The second-order valence-electron chi connectivity index (χ2n) is 3.50. The van der Waals surface area contributed by atoms with Crippen molar-refractivity contribution in [2.24, 2.45) is 5.73 Å². The van der Waals surface area contributed by atoms with Gasteiger partial charge in [-0.05, 0) is 37.6 Å². The summed E-state index contributed by atoms with van der Waals surface area (Å²) >= 11 is 0. The zero-order valence-corrected chi connectivity index (χ0v) is 9.00. The molecule has 0 atom stereocenters. The lowest BCUT2D eigenvalue weighted by molar-refractivity contribution is 0.806. The summed E-state index contributed by atoms with van der Waals surface area (Å²) in [6.45, 7) is 0.683. The molecule has 0 unspecified atom stereocenters. The SMILES string of the molecule is NCCCc1cc(-c2ccccn2)ncn1. The molecule has 0 fully saturated rings. The normalized spacial score (nSPS) is 10.3. The molecule has 0 aromatic carbocycles. The summed E-state index contributed by atoms with van der Waals surface area (Å²) in [7, 11) is 0. The number of aryl methyl sites for hydroxylation is 1. The number of nitrogens with zero attached hydrogens (tertiary/aromatic N) is 3. The second-order valence-corrected chi connectivity index (χ2v) is 3.50. The number of hydrogen-bond acceptors (Lipinski definition) is 4. The maximum atomic E-state index is 5.47. The predicted molar refractivity (Wildman–Crippen MR) is 62.6 cm³/mol. The van der Waals surface area contributed by atoms with E-state index >= 15 is 0 Å². The fourth-order valence-corrected chi connectivity index (χ4v) is 1.47. The number of aromatic nitrogens is 3. The van der Waals surface area contributed by atoms with Gasteiger partial charge in [0, 0.05) is 11.9 Å². The molecule has 0 saturated heterocycles. The van der Waals surface area contributed by atoms with Gasteiger partial charge in [0.2, 0.25) is 0 Å². The Morgan fingerprint density at radius 2 is 2.00 bits per heavy atom. The number of hydrogen-bond donors (Lipinski definition) is 1. The van der Waals surface area contributed by atoms with E-state index in [0.717, 1.165) is 29.9 Å². The zero-order chi connectivity index (χ0) is 11.2. The minimum atomic E-state index is 0.683. The van der Waals surface area contributed by atoms with Crippen LogP contribution in [0.4, 0.5) is 0 Å².